The molecule has 0 amide bonds. The van der Waals surface area contributed by atoms with Gasteiger partial charge in [0.15, 0.2) is 0 Å². The Morgan fingerprint density at radius 2 is 0.927 bits per heavy atom. The molecule has 0 fully saturated rings. The Morgan fingerprint density at radius 3 is 1.33 bits per heavy atom. The summed E-state index contributed by atoms with van der Waals surface area (Å²) in [5.41, 5.74) is 11.0. The first-order valence-corrected chi connectivity index (χ1v) is 23.6. The average Bonchev–Trinajstić information content (AvgIpc) is 3.16. The van der Waals surface area contributed by atoms with Gasteiger partial charge in [0.05, 0.1) is 11.4 Å². The summed E-state index contributed by atoms with van der Waals surface area (Å²) in [7, 11) is -0.502. The first kappa shape index (κ1) is 47.9. The molecule has 0 N–H and O–H groups in total. The van der Waals surface area contributed by atoms with E-state index < -0.39 is 7.92 Å². The van der Waals surface area contributed by atoms with Crippen molar-refractivity contribution in [2.45, 2.75) is 48.5 Å². The standard InChI is InChI=1S/C28H30N3.C18H14P.CH3.2BrH.Co.Pd/c1-18-11-8-12-19(2)26(18)29-17-25(31-28-22(5)15-10-16-23(28)6)24(7)30-27-20(3)13-9-14-21(27)4;1-4-10-16(11-5-1)19(17-12-6-2-7-13-17)18-14-8-3-9-15-18;;;;;/h8-16H,1-7H3;1-14H;1H3;2*1H;;/q2*-1;+1;;;2*+2/p-2. The molecule has 0 unspecified atom stereocenters. The van der Waals surface area contributed by atoms with Crippen LogP contribution in [0.15, 0.2) is 155 Å². The van der Waals surface area contributed by atoms with E-state index in [4.69, 9.17) is 15.0 Å². The quantitative estimate of drug-likeness (QED) is 0.0631. The van der Waals surface area contributed by atoms with Crippen molar-refractivity contribution in [3.05, 3.63) is 186 Å². The molecule has 55 heavy (non-hydrogen) atoms. The number of rotatable bonds is 8. The zero-order chi connectivity index (χ0) is 38.2. The van der Waals surface area contributed by atoms with Gasteiger partial charge in [-0.05, 0) is 99.4 Å². The summed E-state index contributed by atoms with van der Waals surface area (Å²) in [6.45, 7) is 14.4. The number of hydrogen-bond donors (Lipinski definition) is 0. The maximum absolute atomic E-state index is 4.97. The predicted molar refractivity (Wildman–Crippen MR) is 243 cm³/mol. The van der Waals surface area contributed by atoms with Crippen LogP contribution in [0.3, 0.4) is 0 Å². The molecule has 0 aliphatic rings. The van der Waals surface area contributed by atoms with Crippen LogP contribution >= 0.6 is 36.3 Å². The van der Waals surface area contributed by atoms with Gasteiger partial charge < -0.3 is 9.98 Å². The Hall–Kier alpha value is -3.24. The Balaban J connectivity index is 0.000000373. The molecule has 6 aromatic rings. The molecule has 0 aromatic heterocycles. The number of hydrogen-bond acceptors (Lipinski definition) is 3. The van der Waals surface area contributed by atoms with Crippen LogP contribution in [0.5, 0.6) is 0 Å². The van der Waals surface area contributed by atoms with Crippen LogP contribution in [-0.2, 0) is 31.5 Å². The van der Waals surface area contributed by atoms with Crippen LogP contribution in [0.4, 0.5) is 17.1 Å². The fraction of sp³-hybridized carbons (Fsp3) is 0.149. The van der Waals surface area contributed by atoms with Gasteiger partial charge in [0.1, 0.15) is 0 Å². The number of aryl methyl sites for hydroxylation is 6. The van der Waals surface area contributed by atoms with Gasteiger partial charge in [-0.3, -0.25) is 4.99 Å². The summed E-state index contributed by atoms with van der Waals surface area (Å²) in [6, 6.07) is 51.7. The third-order valence-corrected chi connectivity index (χ3v) is 10.8. The van der Waals surface area contributed by atoms with Gasteiger partial charge in [-0.25, -0.2) is 0 Å². The molecule has 0 spiro atoms. The third kappa shape index (κ3) is 14.3. The molecule has 287 valence electrons. The molecule has 0 saturated heterocycles. The predicted octanol–water partition coefficient (Wildman–Crippen LogP) is 13.1. The molecule has 0 heterocycles. The van der Waals surface area contributed by atoms with Gasteiger partial charge in [-0.2, -0.15) is 30.3 Å². The molecule has 0 aliphatic heterocycles. The van der Waals surface area contributed by atoms with Gasteiger partial charge in [-0.1, -0.05) is 140 Å². The van der Waals surface area contributed by atoms with E-state index >= 15 is 0 Å². The van der Waals surface area contributed by atoms with Crippen molar-refractivity contribution in [3.63, 3.8) is 0 Å². The second kappa shape index (κ2) is 25.1. The molecule has 0 saturated carbocycles. The number of nitrogens with zero attached hydrogens (tertiary/aromatic N) is 3. The Bertz CT molecular complexity index is 2000. The van der Waals surface area contributed by atoms with Crippen molar-refractivity contribution in [3.8, 4) is 0 Å². The fourth-order valence-electron chi connectivity index (χ4n) is 5.68. The van der Waals surface area contributed by atoms with Crippen molar-refractivity contribution in [2.75, 3.05) is 0 Å². The molecule has 3 nitrogen and oxygen atoms in total. The smallest absolute Gasteiger partial charge is 0.176 e. The summed E-state index contributed by atoms with van der Waals surface area (Å²) < 4.78 is 0. The zero-order valence-corrected chi connectivity index (χ0v) is 39.1. The van der Waals surface area contributed by atoms with E-state index in [0.29, 0.717) is 5.71 Å². The molecule has 0 bridgehead atoms. The van der Waals surface area contributed by atoms with Crippen molar-refractivity contribution >= 4 is 86.9 Å². The monoisotopic (exact) mass is 1010 g/mol. The Labute approximate surface area is 365 Å². The van der Waals surface area contributed by atoms with Crippen LogP contribution in [0.25, 0.3) is 0 Å². The molecule has 0 aliphatic carbocycles. The van der Waals surface area contributed by atoms with E-state index in [0.717, 1.165) is 67.3 Å². The van der Waals surface area contributed by atoms with E-state index in [2.05, 4.69) is 203 Å². The van der Waals surface area contributed by atoms with E-state index in [1.54, 1.807) is 0 Å². The van der Waals surface area contributed by atoms with E-state index in [1.807, 2.05) is 25.1 Å². The van der Waals surface area contributed by atoms with Crippen molar-refractivity contribution < 1.29 is 31.5 Å². The third-order valence-electron chi connectivity index (χ3n) is 8.40. The minimum Gasteiger partial charge on any atom is -0.176 e. The van der Waals surface area contributed by atoms with E-state index in [9.17, 15) is 0 Å². The van der Waals surface area contributed by atoms with Crippen molar-refractivity contribution in [1.29, 1.82) is 0 Å². The van der Waals surface area contributed by atoms with E-state index in [-0.39, 0.29) is 27.8 Å². The number of benzene rings is 6. The zero-order valence-electron chi connectivity index (χ0n) is 32.5. The van der Waals surface area contributed by atoms with Crippen LogP contribution in [-0.4, -0.2) is 17.6 Å². The Morgan fingerprint density at radius 1 is 0.545 bits per heavy atom. The van der Waals surface area contributed by atoms with Crippen LogP contribution in [0.2, 0.25) is 0 Å². The summed E-state index contributed by atoms with van der Waals surface area (Å²) >= 11 is 7.12. The van der Waals surface area contributed by atoms with Crippen LogP contribution in [0, 0.1) is 55.0 Å². The van der Waals surface area contributed by atoms with Crippen LogP contribution < -0.4 is 15.9 Å². The number of aliphatic imine (C=N–C) groups is 3. The molecular formula is C47H47Br2CoN3PPd+. The molecule has 6 aromatic carbocycles. The second-order valence-electron chi connectivity index (χ2n) is 12.4. The largest absolute Gasteiger partial charge is 2.00 e. The average molecular weight is 1010 g/mol. The van der Waals surface area contributed by atoms with Crippen molar-refractivity contribution in [1.82, 2.24) is 0 Å². The van der Waals surface area contributed by atoms with Gasteiger partial charge in [-0.15, -0.1) is 5.30 Å². The first-order valence-electron chi connectivity index (χ1n) is 17.1. The van der Waals surface area contributed by atoms with Crippen LogP contribution in [0.1, 0.15) is 40.3 Å². The summed E-state index contributed by atoms with van der Waals surface area (Å²) in [5.74, 6) is 0. The van der Waals surface area contributed by atoms with Gasteiger partial charge in [0, 0.05) is 7.43 Å². The minimum atomic E-state index is -0.502. The summed E-state index contributed by atoms with van der Waals surface area (Å²) in [5, 5.41) is 4.01. The molecule has 8 heteroatoms. The SMILES string of the molecule is CC(=Nc1c(C)cccc1C)C([C-]=Nc1c(C)cccc1C)=Nc1c(C)cccc1C.[Br][Co][Br].[CH3+].[Pd+2].[c-]1ccccc1P(c1ccccc1)c1ccccc1. The van der Waals surface area contributed by atoms with Gasteiger partial charge >= 0.3 is 59.9 Å². The molecule has 6 rings (SSSR count). The second-order valence-corrected chi connectivity index (χ2v) is 19.8. The van der Waals surface area contributed by atoms with E-state index in [1.165, 1.54) is 15.9 Å². The fourth-order valence-corrected chi connectivity index (χ4v) is 7.91. The maximum atomic E-state index is 4.97. The molecule has 0 radical (unpaired) electrons. The summed E-state index contributed by atoms with van der Waals surface area (Å²) in [4.78, 5) is 14.6. The summed E-state index contributed by atoms with van der Waals surface area (Å²) in [6.07, 6.45) is 3.22. The normalized spacial score (nSPS) is 11.2. The van der Waals surface area contributed by atoms with Gasteiger partial charge in [0.2, 0.25) is 0 Å². The number of para-hydroxylation sites is 3. The Kier molecular flexibility index (Phi) is 21.9. The maximum Gasteiger partial charge on any atom is 2.00 e. The van der Waals surface area contributed by atoms with Gasteiger partial charge in [0.25, 0.3) is 0 Å². The minimum absolute atomic E-state index is 0. The molecule has 0 atom stereocenters. The van der Waals surface area contributed by atoms with Crippen molar-refractivity contribution in [2.24, 2.45) is 15.0 Å². The topological polar surface area (TPSA) is 37.1 Å². The first-order chi connectivity index (χ1) is 25.6. The molecular weight excluding hydrogens is 963 g/mol. The number of halogens is 2.